The Kier molecular flexibility index (Phi) is 10.4. The standard InChI is InChI=1S/C25H28.C16H18.CH4/c1-19-16-17-22(24(2,3)20-12-8-6-9-13-20)18-23(19)25(4,5)21-14-10-7-11-15-21;1-13-9-11-15(12-10-13)16(2,3)14-7-5-4-6-8-14;/h6-18H,1-5H3;4-12H,1-3H3;1H4. The molecule has 0 radical (unpaired) electrons. The van der Waals surface area contributed by atoms with Crippen molar-refractivity contribution in [2.45, 2.75) is 79.1 Å². The average Bonchev–Trinajstić information content (AvgIpc) is 2.99. The van der Waals surface area contributed by atoms with Crippen molar-refractivity contribution in [2.75, 3.05) is 0 Å². The van der Waals surface area contributed by atoms with Gasteiger partial charge in [0, 0.05) is 16.2 Å². The molecule has 5 rings (SSSR count). The highest BCUT2D eigenvalue weighted by atomic mass is 14.3. The summed E-state index contributed by atoms with van der Waals surface area (Å²) in [6.07, 6.45) is 0. The molecule has 0 amide bonds. The Morgan fingerprint density at radius 1 is 0.357 bits per heavy atom. The van der Waals surface area contributed by atoms with E-state index in [0.717, 1.165) is 0 Å². The molecule has 0 nitrogen and oxygen atoms in total. The van der Waals surface area contributed by atoms with Crippen molar-refractivity contribution < 1.29 is 0 Å². The summed E-state index contributed by atoms with van der Waals surface area (Å²) in [5.74, 6) is 0. The van der Waals surface area contributed by atoms with Crippen LogP contribution in [0.3, 0.4) is 0 Å². The van der Waals surface area contributed by atoms with Crippen LogP contribution in [0.1, 0.15) is 93.5 Å². The van der Waals surface area contributed by atoms with Gasteiger partial charge in [0.05, 0.1) is 0 Å². The normalized spacial score (nSPS) is 11.6. The maximum absolute atomic E-state index is 2.41. The smallest absolute Gasteiger partial charge is 0.0149 e. The maximum atomic E-state index is 2.41. The van der Waals surface area contributed by atoms with Crippen molar-refractivity contribution >= 4 is 0 Å². The summed E-state index contributed by atoms with van der Waals surface area (Å²) < 4.78 is 0. The van der Waals surface area contributed by atoms with E-state index in [9.17, 15) is 0 Å². The molecule has 0 saturated heterocycles. The van der Waals surface area contributed by atoms with E-state index in [0.29, 0.717) is 0 Å². The molecule has 0 aromatic heterocycles. The Balaban J connectivity index is 0.000000247. The highest BCUT2D eigenvalue weighted by Crippen LogP contribution is 2.38. The molecule has 0 heterocycles. The van der Waals surface area contributed by atoms with Gasteiger partial charge in [-0.2, -0.15) is 0 Å². The van der Waals surface area contributed by atoms with E-state index in [1.54, 1.807) is 0 Å². The number of hydrogen-bond donors (Lipinski definition) is 0. The number of hydrogen-bond acceptors (Lipinski definition) is 0. The monoisotopic (exact) mass is 554 g/mol. The Morgan fingerprint density at radius 2 is 0.690 bits per heavy atom. The van der Waals surface area contributed by atoms with E-state index >= 15 is 0 Å². The lowest BCUT2D eigenvalue weighted by atomic mass is 9.72. The molecule has 42 heavy (non-hydrogen) atoms. The molecule has 0 bridgehead atoms. The third kappa shape index (κ3) is 7.11. The number of rotatable bonds is 6. The number of aryl methyl sites for hydroxylation is 2. The molecule has 0 aliphatic heterocycles. The molecule has 0 atom stereocenters. The minimum absolute atomic E-state index is 0. The van der Waals surface area contributed by atoms with E-state index in [4.69, 9.17) is 0 Å². The second kappa shape index (κ2) is 13.4. The summed E-state index contributed by atoms with van der Waals surface area (Å²) in [6, 6.07) is 48.0. The molecule has 0 saturated carbocycles. The summed E-state index contributed by atoms with van der Waals surface area (Å²) >= 11 is 0. The molecule has 0 heteroatoms. The second-order valence-corrected chi connectivity index (χ2v) is 12.9. The highest BCUT2D eigenvalue weighted by Gasteiger charge is 2.29. The first-order valence-electron chi connectivity index (χ1n) is 14.8. The van der Waals surface area contributed by atoms with Gasteiger partial charge >= 0.3 is 0 Å². The summed E-state index contributed by atoms with van der Waals surface area (Å²) in [5, 5.41) is 0. The van der Waals surface area contributed by atoms with Crippen LogP contribution in [0, 0.1) is 13.8 Å². The number of benzene rings is 5. The van der Waals surface area contributed by atoms with E-state index in [2.05, 4.69) is 189 Å². The Morgan fingerprint density at radius 3 is 1.12 bits per heavy atom. The van der Waals surface area contributed by atoms with Gasteiger partial charge in [-0.3, -0.25) is 0 Å². The summed E-state index contributed by atoms with van der Waals surface area (Å²) in [7, 11) is 0. The van der Waals surface area contributed by atoms with Gasteiger partial charge < -0.3 is 0 Å². The van der Waals surface area contributed by atoms with Crippen LogP contribution in [0.5, 0.6) is 0 Å². The van der Waals surface area contributed by atoms with Gasteiger partial charge in [-0.05, 0) is 52.8 Å². The van der Waals surface area contributed by atoms with Gasteiger partial charge in [0.2, 0.25) is 0 Å². The van der Waals surface area contributed by atoms with Gasteiger partial charge in [0.15, 0.2) is 0 Å². The summed E-state index contributed by atoms with van der Waals surface area (Å²) in [6.45, 7) is 18.2. The largest absolute Gasteiger partial charge is 0.0776 e. The van der Waals surface area contributed by atoms with Crippen molar-refractivity contribution in [3.63, 3.8) is 0 Å². The third-order valence-electron chi connectivity index (χ3n) is 8.89. The first-order valence-corrected chi connectivity index (χ1v) is 14.8. The van der Waals surface area contributed by atoms with Crippen LogP contribution < -0.4 is 0 Å². The SMILES string of the molecule is C.Cc1ccc(C(C)(C)c2ccccc2)cc1.Cc1ccc(C(C)(C)c2ccccc2)cc1C(C)(C)c1ccccc1. The molecule has 5 aromatic rings. The summed E-state index contributed by atoms with van der Waals surface area (Å²) in [4.78, 5) is 0. The quantitative estimate of drug-likeness (QED) is 0.196. The molecule has 0 N–H and O–H groups in total. The predicted molar refractivity (Wildman–Crippen MR) is 185 cm³/mol. The van der Waals surface area contributed by atoms with Gasteiger partial charge in [-0.1, -0.05) is 188 Å². The lowest BCUT2D eigenvalue weighted by Crippen LogP contribution is -2.24. The van der Waals surface area contributed by atoms with Crippen molar-refractivity contribution in [3.8, 4) is 0 Å². The van der Waals surface area contributed by atoms with Gasteiger partial charge in [-0.25, -0.2) is 0 Å². The van der Waals surface area contributed by atoms with Gasteiger partial charge in [-0.15, -0.1) is 0 Å². The molecular formula is C42H50. The molecule has 5 aromatic carbocycles. The zero-order valence-electron chi connectivity index (χ0n) is 26.2. The van der Waals surface area contributed by atoms with Crippen LogP contribution in [-0.2, 0) is 16.2 Å². The molecule has 0 spiro atoms. The molecule has 0 aliphatic rings. The fourth-order valence-corrected chi connectivity index (χ4v) is 5.71. The third-order valence-corrected chi connectivity index (χ3v) is 8.89. The van der Waals surface area contributed by atoms with Crippen LogP contribution >= 0.6 is 0 Å². The van der Waals surface area contributed by atoms with Crippen LogP contribution in [0.15, 0.2) is 133 Å². The topological polar surface area (TPSA) is 0 Å². The van der Waals surface area contributed by atoms with Gasteiger partial charge in [0.25, 0.3) is 0 Å². The average molecular weight is 555 g/mol. The van der Waals surface area contributed by atoms with E-state index in [1.807, 2.05) is 0 Å². The molecule has 0 fully saturated rings. The minimum atomic E-state index is -0.0197. The Hall–Kier alpha value is -3.90. The fourth-order valence-electron chi connectivity index (χ4n) is 5.71. The lowest BCUT2D eigenvalue weighted by molar-refractivity contribution is 0.614. The van der Waals surface area contributed by atoms with E-state index in [-0.39, 0.29) is 23.7 Å². The van der Waals surface area contributed by atoms with Crippen molar-refractivity contribution in [1.82, 2.24) is 0 Å². The molecule has 218 valence electrons. The highest BCUT2D eigenvalue weighted by molar-refractivity contribution is 5.47. The molecule has 0 aliphatic carbocycles. The summed E-state index contributed by atoms with van der Waals surface area (Å²) in [5.41, 5.74) is 10.9. The molecule has 0 unspecified atom stereocenters. The first kappa shape index (κ1) is 32.6. The van der Waals surface area contributed by atoms with Crippen LogP contribution in [0.2, 0.25) is 0 Å². The first-order chi connectivity index (χ1) is 19.4. The van der Waals surface area contributed by atoms with Crippen molar-refractivity contribution in [2.24, 2.45) is 0 Å². The lowest BCUT2D eigenvalue weighted by Gasteiger charge is -2.32. The Bertz CT molecular complexity index is 1520. The second-order valence-electron chi connectivity index (χ2n) is 12.9. The van der Waals surface area contributed by atoms with E-state index < -0.39 is 0 Å². The van der Waals surface area contributed by atoms with Crippen molar-refractivity contribution in [3.05, 3.63) is 178 Å². The predicted octanol–water partition coefficient (Wildman–Crippen LogP) is 11.6. The van der Waals surface area contributed by atoms with Gasteiger partial charge in [0.1, 0.15) is 0 Å². The van der Waals surface area contributed by atoms with Crippen LogP contribution in [0.4, 0.5) is 0 Å². The van der Waals surface area contributed by atoms with E-state index in [1.165, 1.54) is 44.5 Å². The van der Waals surface area contributed by atoms with Crippen LogP contribution in [-0.4, -0.2) is 0 Å². The fraction of sp³-hybridized carbons (Fsp3) is 0.286. The molecular weight excluding hydrogens is 504 g/mol. The Labute approximate surface area is 256 Å². The zero-order valence-corrected chi connectivity index (χ0v) is 26.2. The van der Waals surface area contributed by atoms with Crippen LogP contribution in [0.25, 0.3) is 0 Å². The van der Waals surface area contributed by atoms with Crippen molar-refractivity contribution in [1.29, 1.82) is 0 Å². The minimum Gasteiger partial charge on any atom is -0.0776 e. The maximum Gasteiger partial charge on any atom is 0.0149 e. The zero-order chi connectivity index (χ0) is 29.7.